The van der Waals surface area contributed by atoms with Crippen LogP contribution in [0.5, 0.6) is 0 Å². The van der Waals surface area contributed by atoms with Gasteiger partial charge in [-0.15, -0.1) is 0 Å². The molecule has 0 aliphatic carbocycles. The first-order chi connectivity index (χ1) is 11.9. The highest BCUT2D eigenvalue weighted by molar-refractivity contribution is 6.04. The minimum Gasteiger partial charge on any atom is -0.407 e. The molecule has 2 heterocycles. The second-order valence-electron chi connectivity index (χ2n) is 7.32. The minimum absolute atomic E-state index is 0.00242. The maximum atomic E-state index is 13.2. The number of carbonyl (C=O) groups is 1. The summed E-state index contributed by atoms with van der Waals surface area (Å²) in [6.45, 7) is 4.99. The van der Waals surface area contributed by atoms with Crippen LogP contribution >= 0.6 is 0 Å². The zero-order valence-corrected chi connectivity index (χ0v) is 14.5. The van der Waals surface area contributed by atoms with Gasteiger partial charge >= 0.3 is 5.76 Å². The Balaban J connectivity index is 1.77. The van der Waals surface area contributed by atoms with E-state index in [-0.39, 0.29) is 17.4 Å². The molecule has 128 valence electrons. The number of likely N-dealkylation sites (tertiary alicyclic amines) is 1. The van der Waals surface area contributed by atoms with Crippen molar-refractivity contribution in [2.45, 2.75) is 19.9 Å². The van der Waals surface area contributed by atoms with Crippen LogP contribution in [0.3, 0.4) is 0 Å². The zero-order chi connectivity index (χ0) is 17.8. The van der Waals surface area contributed by atoms with Crippen LogP contribution in [0.1, 0.15) is 35.8 Å². The number of nitrogens with zero attached hydrogens (tertiary/aromatic N) is 2. The Labute approximate surface area is 145 Å². The molecule has 1 aliphatic heterocycles. The number of rotatable bonds is 2. The van der Waals surface area contributed by atoms with E-state index in [0.717, 1.165) is 5.56 Å². The quantitative estimate of drug-likeness (QED) is 0.721. The maximum absolute atomic E-state index is 13.2. The van der Waals surface area contributed by atoms with Gasteiger partial charge in [-0.3, -0.25) is 9.36 Å². The van der Waals surface area contributed by atoms with Crippen molar-refractivity contribution in [2.75, 3.05) is 6.54 Å². The summed E-state index contributed by atoms with van der Waals surface area (Å²) in [5.74, 6) is -0.563. The summed E-state index contributed by atoms with van der Waals surface area (Å²) < 4.78 is 6.74. The Hall–Kier alpha value is -2.82. The summed E-state index contributed by atoms with van der Waals surface area (Å²) in [6, 6.07) is 15.4. The van der Waals surface area contributed by atoms with E-state index >= 15 is 0 Å². The molecule has 5 nitrogen and oxygen atoms in total. The van der Waals surface area contributed by atoms with Gasteiger partial charge in [-0.2, -0.15) is 0 Å². The molecule has 0 spiro atoms. The topological polar surface area (TPSA) is 55.5 Å². The zero-order valence-electron chi connectivity index (χ0n) is 14.5. The van der Waals surface area contributed by atoms with Crippen molar-refractivity contribution >= 4 is 17.0 Å². The van der Waals surface area contributed by atoms with Gasteiger partial charge in [0, 0.05) is 19.0 Å². The third-order valence-electron chi connectivity index (χ3n) is 5.06. The number of hydrogen-bond acceptors (Lipinski definition) is 3. The molecule has 4 rings (SSSR count). The summed E-state index contributed by atoms with van der Waals surface area (Å²) in [7, 11) is 1.64. The Morgan fingerprint density at radius 3 is 2.52 bits per heavy atom. The molecule has 1 saturated heterocycles. The monoisotopic (exact) mass is 336 g/mol. The molecule has 1 aliphatic rings. The van der Waals surface area contributed by atoms with E-state index in [1.165, 1.54) is 4.57 Å². The minimum atomic E-state index is -0.459. The SMILES string of the molecule is Cn1c(=O)oc2c(C(=O)N3CC(C)(C)C3c3ccccc3)cccc21. The molecule has 1 atom stereocenters. The van der Waals surface area contributed by atoms with Crippen molar-refractivity contribution in [1.82, 2.24) is 9.47 Å². The van der Waals surface area contributed by atoms with Crippen molar-refractivity contribution in [1.29, 1.82) is 0 Å². The van der Waals surface area contributed by atoms with Crippen molar-refractivity contribution in [2.24, 2.45) is 12.5 Å². The molecule has 25 heavy (non-hydrogen) atoms. The largest absolute Gasteiger partial charge is 0.419 e. The normalized spacial score (nSPS) is 19.0. The summed E-state index contributed by atoms with van der Waals surface area (Å²) in [4.78, 5) is 26.9. The second-order valence-corrected chi connectivity index (χ2v) is 7.32. The molecule has 0 bridgehead atoms. The Bertz CT molecular complexity index is 1010. The molecule has 5 heteroatoms. The number of carbonyl (C=O) groups excluding carboxylic acids is 1. The van der Waals surface area contributed by atoms with Gasteiger partial charge in [0.05, 0.1) is 17.1 Å². The predicted molar refractivity (Wildman–Crippen MR) is 95.5 cm³/mol. The van der Waals surface area contributed by atoms with Gasteiger partial charge in [0.25, 0.3) is 5.91 Å². The van der Waals surface area contributed by atoms with Crippen LogP contribution in [0, 0.1) is 5.41 Å². The first-order valence-electron chi connectivity index (χ1n) is 8.34. The van der Waals surface area contributed by atoms with Crippen molar-refractivity contribution in [3.63, 3.8) is 0 Å². The molecular formula is C20H20N2O3. The van der Waals surface area contributed by atoms with Gasteiger partial charge in [-0.05, 0) is 17.7 Å². The molecule has 2 aromatic carbocycles. The van der Waals surface area contributed by atoms with Gasteiger partial charge in [-0.1, -0.05) is 50.2 Å². The number of aryl methyl sites for hydroxylation is 1. The number of aromatic nitrogens is 1. The standard InChI is InChI=1S/C20H20N2O3/c1-20(2)12-22(17(20)13-8-5-4-6-9-13)18(23)14-10-7-11-15-16(14)25-19(24)21(15)3/h4-11,17H,12H2,1-3H3. The van der Waals surface area contributed by atoms with E-state index in [2.05, 4.69) is 26.0 Å². The average Bonchev–Trinajstić information content (AvgIpc) is 2.88. The number of oxazole rings is 1. The van der Waals surface area contributed by atoms with Crippen LogP contribution in [0.2, 0.25) is 0 Å². The van der Waals surface area contributed by atoms with E-state index in [9.17, 15) is 9.59 Å². The third-order valence-corrected chi connectivity index (χ3v) is 5.06. The fourth-order valence-corrected chi connectivity index (χ4v) is 3.86. The summed E-state index contributed by atoms with van der Waals surface area (Å²) in [6.07, 6.45) is 0. The molecule has 1 amide bonds. The van der Waals surface area contributed by atoms with E-state index in [4.69, 9.17) is 4.42 Å². The molecule has 0 radical (unpaired) electrons. The summed E-state index contributed by atoms with van der Waals surface area (Å²) in [5.41, 5.74) is 2.55. The van der Waals surface area contributed by atoms with Crippen LogP contribution < -0.4 is 5.76 Å². The lowest BCUT2D eigenvalue weighted by Gasteiger charge is -2.54. The second kappa shape index (κ2) is 5.34. The highest BCUT2D eigenvalue weighted by Gasteiger charge is 2.49. The molecular weight excluding hydrogens is 316 g/mol. The van der Waals surface area contributed by atoms with Gasteiger partial charge in [0.1, 0.15) is 0 Å². The van der Waals surface area contributed by atoms with Crippen LogP contribution in [0.4, 0.5) is 0 Å². The summed E-state index contributed by atoms with van der Waals surface area (Å²) >= 11 is 0. The van der Waals surface area contributed by atoms with E-state index in [1.807, 2.05) is 23.1 Å². The molecule has 0 N–H and O–H groups in total. The van der Waals surface area contributed by atoms with E-state index in [0.29, 0.717) is 23.2 Å². The smallest absolute Gasteiger partial charge is 0.407 e. The van der Waals surface area contributed by atoms with Crippen molar-refractivity contribution < 1.29 is 9.21 Å². The van der Waals surface area contributed by atoms with E-state index < -0.39 is 5.76 Å². The lowest BCUT2D eigenvalue weighted by molar-refractivity contribution is -0.0322. The maximum Gasteiger partial charge on any atom is 0.419 e. The number of amides is 1. The highest BCUT2D eigenvalue weighted by Crippen LogP contribution is 2.49. The predicted octanol–water partition coefficient (Wildman–Crippen LogP) is 3.35. The Morgan fingerprint density at radius 1 is 1.12 bits per heavy atom. The fraction of sp³-hybridized carbons (Fsp3) is 0.300. The van der Waals surface area contributed by atoms with Crippen molar-refractivity contribution in [3.05, 3.63) is 70.2 Å². The molecule has 0 saturated carbocycles. The Kier molecular flexibility index (Phi) is 3.35. The fourth-order valence-electron chi connectivity index (χ4n) is 3.86. The van der Waals surface area contributed by atoms with Crippen LogP contribution in [-0.2, 0) is 7.05 Å². The molecule has 1 unspecified atom stereocenters. The Morgan fingerprint density at radius 2 is 1.84 bits per heavy atom. The molecule has 1 aromatic heterocycles. The number of para-hydroxylation sites is 1. The van der Waals surface area contributed by atoms with Gasteiger partial charge in [0.15, 0.2) is 5.58 Å². The van der Waals surface area contributed by atoms with Gasteiger partial charge in [-0.25, -0.2) is 4.79 Å². The third kappa shape index (κ3) is 2.30. The van der Waals surface area contributed by atoms with Crippen LogP contribution in [0.15, 0.2) is 57.7 Å². The number of hydrogen-bond donors (Lipinski definition) is 0. The highest BCUT2D eigenvalue weighted by atomic mass is 16.4. The summed E-state index contributed by atoms with van der Waals surface area (Å²) in [5, 5.41) is 0. The number of benzene rings is 2. The van der Waals surface area contributed by atoms with Gasteiger partial charge in [0.2, 0.25) is 0 Å². The van der Waals surface area contributed by atoms with Crippen molar-refractivity contribution in [3.8, 4) is 0 Å². The van der Waals surface area contributed by atoms with Gasteiger partial charge < -0.3 is 9.32 Å². The molecule has 1 fully saturated rings. The average molecular weight is 336 g/mol. The van der Waals surface area contributed by atoms with Crippen LogP contribution in [-0.4, -0.2) is 21.9 Å². The molecule has 3 aromatic rings. The van der Waals surface area contributed by atoms with Crippen LogP contribution in [0.25, 0.3) is 11.1 Å². The lowest BCUT2D eigenvalue weighted by atomic mass is 9.71. The number of fused-ring (bicyclic) bond motifs is 1. The van der Waals surface area contributed by atoms with E-state index in [1.54, 1.807) is 25.2 Å². The first kappa shape index (κ1) is 15.7. The lowest BCUT2D eigenvalue weighted by Crippen LogP contribution is -2.57. The first-order valence-corrected chi connectivity index (χ1v) is 8.34.